The Kier molecular flexibility index (Phi) is 7.69. The van der Waals surface area contributed by atoms with E-state index >= 15 is 0 Å². The van der Waals surface area contributed by atoms with Crippen LogP contribution in [0, 0.1) is 11.8 Å². The zero-order chi connectivity index (χ0) is 22.3. The SMILES string of the molecule is COc1ccc(CN2CCC[C@H](C(=O)N3CCC(Cc4ccccc4)CC3)C2)c(OC)c1. The van der Waals surface area contributed by atoms with Gasteiger partial charge in [-0.2, -0.15) is 0 Å². The Balaban J connectivity index is 1.29. The predicted octanol–water partition coefficient (Wildman–Crippen LogP) is 4.40. The van der Waals surface area contributed by atoms with Crippen molar-refractivity contribution in [3.05, 3.63) is 59.7 Å². The van der Waals surface area contributed by atoms with Gasteiger partial charge >= 0.3 is 0 Å². The summed E-state index contributed by atoms with van der Waals surface area (Å²) < 4.78 is 10.9. The minimum absolute atomic E-state index is 0.110. The second-order valence-corrected chi connectivity index (χ2v) is 9.21. The number of benzene rings is 2. The lowest BCUT2D eigenvalue weighted by Gasteiger charge is -2.38. The number of hydrogen-bond acceptors (Lipinski definition) is 4. The van der Waals surface area contributed by atoms with Gasteiger partial charge in [0.2, 0.25) is 5.91 Å². The number of piperidine rings is 2. The summed E-state index contributed by atoms with van der Waals surface area (Å²) in [5.41, 5.74) is 2.55. The van der Waals surface area contributed by atoms with E-state index in [4.69, 9.17) is 9.47 Å². The van der Waals surface area contributed by atoms with E-state index in [9.17, 15) is 4.79 Å². The molecular formula is C27H36N2O3. The first kappa shape index (κ1) is 22.7. The Morgan fingerprint density at radius 3 is 2.47 bits per heavy atom. The Bertz CT molecular complexity index is 878. The van der Waals surface area contributed by atoms with E-state index < -0.39 is 0 Å². The summed E-state index contributed by atoms with van der Waals surface area (Å²) in [5, 5.41) is 0. The van der Waals surface area contributed by atoms with Gasteiger partial charge in [-0.05, 0) is 56.2 Å². The van der Waals surface area contributed by atoms with E-state index in [0.717, 1.165) is 81.9 Å². The van der Waals surface area contributed by atoms with Crippen LogP contribution in [0.25, 0.3) is 0 Å². The van der Waals surface area contributed by atoms with E-state index in [1.54, 1.807) is 14.2 Å². The van der Waals surface area contributed by atoms with Crippen molar-refractivity contribution >= 4 is 5.91 Å². The van der Waals surface area contributed by atoms with Gasteiger partial charge in [0.05, 0.1) is 20.1 Å². The standard InChI is InChI=1S/C27H36N2O3/c1-31-25-11-10-23(26(18-25)32-2)19-28-14-6-9-24(20-28)27(30)29-15-12-22(13-16-29)17-21-7-4-3-5-8-21/h3-5,7-8,10-11,18,22,24H,6,9,12-17,19-20H2,1-2H3/t24-/m0/s1. The molecule has 0 aromatic heterocycles. The predicted molar refractivity (Wildman–Crippen MR) is 127 cm³/mol. The lowest BCUT2D eigenvalue weighted by atomic mass is 9.89. The number of carbonyl (C=O) groups excluding carboxylic acids is 1. The zero-order valence-corrected chi connectivity index (χ0v) is 19.5. The third-order valence-corrected chi connectivity index (χ3v) is 7.04. The van der Waals surface area contributed by atoms with Crippen molar-refractivity contribution < 1.29 is 14.3 Å². The quantitative estimate of drug-likeness (QED) is 0.645. The second-order valence-electron chi connectivity index (χ2n) is 9.21. The number of ether oxygens (including phenoxy) is 2. The molecule has 0 aliphatic carbocycles. The van der Waals surface area contributed by atoms with Crippen LogP contribution in [-0.4, -0.2) is 56.1 Å². The molecule has 1 atom stereocenters. The van der Waals surface area contributed by atoms with E-state index in [1.165, 1.54) is 5.56 Å². The number of hydrogen-bond donors (Lipinski definition) is 0. The topological polar surface area (TPSA) is 42.0 Å². The fourth-order valence-electron chi connectivity index (χ4n) is 5.19. The van der Waals surface area contributed by atoms with Crippen LogP contribution in [0.5, 0.6) is 11.5 Å². The van der Waals surface area contributed by atoms with Crippen LogP contribution in [-0.2, 0) is 17.8 Å². The van der Waals surface area contributed by atoms with Crippen LogP contribution < -0.4 is 9.47 Å². The van der Waals surface area contributed by atoms with Crippen molar-refractivity contribution in [1.82, 2.24) is 9.80 Å². The van der Waals surface area contributed by atoms with Gasteiger partial charge in [0, 0.05) is 37.8 Å². The van der Waals surface area contributed by atoms with Crippen LogP contribution in [0.2, 0.25) is 0 Å². The highest BCUT2D eigenvalue weighted by molar-refractivity contribution is 5.79. The molecule has 172 valence electrons. The molecule has 5 nitrogen and oxygen atoms in total. The molecule has 1 amide bonds. The lowest BCUT2D eigenvalue weighted by molar-refractivity contribution is -0.138. The minimum Gasteiger partial charge on any atom is -0.497 e. The molecular weight excluding hydrogens is 400 g/mol. The monoisotopic (exact) mass is 436 g/mol. The van der Waals surface area contributed by atoms with Crippen molar-refractivity contribution in [3.8, 4) is 11.5 Å². The van der Waals surface area contributed by atoms with Crippen molar-refractivity contribution in [2.45, 2.75) is 38.6 Å². The van der Waals surface area contributed by atoms with Gasteiger partial charge in [-0.15, -0.1) is 0 Å². The van der Waals surface area contributed by atoms with Gasteiger partial charge in [0.1, 0.15) is 11.5 Å². The van der Waals surface area contributed by atoms with Gasteiger partial charge in [-0.1, -0.05) is 36.4 Å². The van der Waals surface area contributed by atoms with Gasteiger partial charge < -0.3 is 14.4 Å². The number of rotatable bonds is 7. The molecule has 0 saturated carbocycles. The number of likely N-dealkylation sites (tertiary alicyclic amines) is 2. The lowest BCUT2D eigenvalue weighted by Crippen LogP contribution is -2.47. The summed E-state index contributed by atoms with van der Waals surface area (Å²) in [6, 6.07) is 16.7. The van der Waals surface area contributed by atoms with Gasteiger partial charge in [0.25, 0.3) is 0 Å². The first-order valence-electron chi connectivity index (χ1n) is 11.9. The van der Waals surface area contributed by atoms with Gasteiger partial charge in [-0.25, -0.2) is 0 Å². The van der Waals surface area contributed by atoms with Crippen LogP contribution >= 0.6 is 0 Å². The molecule has 2 heterocycles. The normalized spacial score (nSPS) is 20.2. The molecule has 2 aromatic carbocycles. The number of methoxy groups -OCH3 is 2. The highest BCUT2D eigenvalue weighted by Gasteiger charge is 2.31. The smallest absolute Gasteiger partial charge is 0.226 e. The number of nitrogens with zero attached hydrogens (tertiary/aromatic N) is 2. The van der Waals surface area contributed by atoms with E-state index in [2.05, 4.69) is 46.2 Å². The fraction of sp³-hybridized carbons (Fsp3) is 0.519. The molecule has 5 heteroatoms. The maximum absolute atomic E-state index is 13.3. The number of carbonyl (C=O) groups is 1. The van der Waals surface area contributed by atoms with Gasteiger partial charge in [-0.3, -0.25) is 9.69 Å². The molecule has 0 N–H and O–H groups in total. The summed E-state index contributed by atoms with van der Waals surface area (Å²) in [6.45, 7) is 4.46. The second kappa shape index (κ2) is 10.9. The molecule has 2 fully saturated rings. The first-order chi connectivity index (χ1) is 15.7. The summed E-state index contributed by atoms with van der Waals surface area (Å²) in [6.07, 6.45) is 5.42. The maximum atomic E-state index is 13.3. The third-order valence-electron chi connectivity index (χ3n) is 7.04. The van der Waals surface area contributed by atoms with Gasteiger partial charge in [0.15, 0.2) is 0 Å². The molecule has 0 bridgehead atoms. The summed E-state index contributed by atoms with van der Waals surface area (Å²) in [4.78, 5) is 17.8. The van der Waals surface area contributed by atoms with E-state index in [-0.39, 0.29) is 5.92 Å². The summed E-state index contributed by atoms with van der Waals surface area (Å²) in [7, 11) is 3.36. The largest absolute Gasteiger partial charge is 0.497 e. The molecule has 2 aliphatic heterocycles. The molecule has 2 saturated heterocycles. The average Bonchev–Trinajstić information content (AvgIpc) is 2.85. The molecule has 0 unspecified atom stereocenters. The first-order valence-corrected chi connectivity index (χ1v) is 11.9. The van der Waals surface area contributed by atoms with Crippen molar-refractivity contribution in [2.24, 2.45) is 11.8 Å². The highest BCUT2D eigenvalue weighted by atomic mass is 16.5. The van der Waals surface area contributed by atoms with Crippen LogP contribution in [0.3, 0.4) is 0 Å². The zero-order valence-electron chi connectivity index (χ0n) is 19.5. The number of amides is 1. The molecule has 2 aromatic rings. The summed E-state index contributed by atoms with van der Waals surface area (Å²) >= 11 is 0. The molecule has 2 aliphatic rings. The Morgan fingerprint density at radius 1 is 0.969 bits per heavy atom. The van der Waals surface area contributed by atoms with Crippen LogP contribution in [0.4, 0.5) is 0 Å². The minimum atomic E-state index is 0.110. The highest BCUT2D eigenvalue weighted by Crippen LogP contribution is 2.29. The molecule has 4 rings (SSSR count). The molecule has 32 heavy (non-hydrogen) atoms. The third kappa shape index (κ3) is 5.63. The Hall–Kier alpha value is -2.53. The fourth-order valence-corrected chi connectivity index (χ4v) is 5.19. The molecule has 0 radical (unpaired) electrons. The average molecular weight is 437 g/mol. The Morgan fingerprint density at radius 2 is 1.75 bits per heavy atom. The van der Waals surface area contributed by atoms with Crippen molar-refractivity contribution in [3.63, 3.8) is 0 Å². The van der Waals surface area contributed by atoms with E-state index in [0.29, 0.717) is 11.8 Å². The Labute approximate surface area is 192 Å². The van der Waals surface area contributed by atoms with Crippen LogP contribution in [0.15, 0.2) is 48.5 Å². The van der Waals surface area contributed by atoms with E-state index in [1.807, 2.05) is 12.1 Å². The molecule has 0 spiro atoms. The van der Waals surface area contributed by atoms with Crippen LogP contribution in [0.1, 0.15) is 36.8 Å². The van der Waals surface area contributed by atoms with Crippen molar-refractivity contribution in [2.75, 3.05) is 40.4 Å². The summed E-state index contributed by atoms with van der Waals surface area (Å²) in [5.74, 6) is 2.80. The van der Waals surface area contributed by atoms with Crippen molar-refractivity contribution in [1.29, 1.82) is 0 Å². The maximum Gasteiger partial charge on any atom is 0.226 e.